The molecule has 1 aromatic rings. The summed E-state index contributed by atoms with van der Waals surface area (Å²) in [4.78, 5) is 22.9. The molecular formula is C13H16O4. The van der Waals surface area contributed by atoms with Crippen LogP contribution in [0.5, 0.6) is 0 Å². The summed E-state index contributed by atoms with van der Waals surface area (Å²) in [5.74, 6) is -0.745. The van der Waals surface area contributed by atoms with Gasteiger partial charge in [-0.3, -0.25) is 9.59 Å². The fourth-order valence-electron chi connectivity index (χ4n) is 1.27. The van der Waals surface area contributed by atoms with Gasteiger partial charge >= 0.3 is 5.97 Å². The molecule has 0 heterocycles. The molecule has 0 saturated heterocycles. The lowest BCUT2D eigenvalue weighted by Crippen LogP contribution is -2.14. The molecule has 0 aliphatic heterocycles. The first kappa shape index (κ1) is 13.4. The number of esters is 1. The summed E-state index contributed by atoms with van der Waals surface area (Å²) < 4.78 is 9.86. The van der Waals surface area contributed by atoms with E-state index in [4.69, 9.17) is 9.47 Å². The first-order chi connectivity index (χ1) is 8.24. The van der Waals surface area contributed by atoms with E-state index in [1.165, 1.54) is 0 Å². The molecule has 0 aliphatic carbocycles. The molecule has 4 heteroatoms. The van der Waals surface area contributed by atoms with Gasteiger partial charge in [-0.25, -0.2) is 0 Å². The van der Waals surface area contributed by atoms with Crippen LogP contribution >= 0.6 is 0 Å². The number of hydrogen-bond acceptors (Lipinski definition) is 4. The van der Waals surface area contributed by atoms with Crippen molar-refractivity contribution in [3.8, 4) is 0 Å². The van der Waals surface area contributed by atoms with Gasteiger partial charge in [0.2, 0.25) is 0 Å². The van der Waals surface area contributed by atoms with Gasteiger partial charge in [0.25, 0.3) is 0 Å². The lowest BCUT2D eigenvalue weighted by molar-refractivity contribution is -0.144. The zero-order chi connectivity index (χ0) is 12.5. The van der Waals surface area contributed by atoms with Crippen LogP contribution in [-0.2, 0) is 14.3 Å². The van der Waals surface area contributed by atoms with E-state index in [1.54, 1.807) is 24.3 Å². The fraction of sp³-hybridized carbons (Fsp3) is 0.385. The third-order valence-corrected chi connectivity index (χ3v) is 2.10. The highest BCUT2D eigenvalue weighted by Gasteiger charge is 2.12. The van der Waals surface area contributed by atoms with Crippen molar-refractivity contribution in [1.29, 1.82) is 0 Å². The van der Waals surface area contributed by atoms with Gasteiger partial charge in [-0.05, 0) is 6.92 Å². The highest BCUT2D eigenvalue weighted by molar-refractivity contribution is 6.05. The molecular weight excluding hydrogens is 220 g/mol. The van der Waals surface area contributed by atoms with Crippen molar-refractivity contribution in [2.45, 2.75) is 13.3 Å². The molecule has 4 nitrogen and oxygen atoms in total. The van der Waals surface area contributed by atoms with Gasteiger partial charge in [0.1, 0.15) is 13.0 Å². The van der Waals surface area contributed by atoms with E-state index < -0.39 is 5.97 Å². The van der Waals surface area contributed by atoms with Crippen LogP contribution in [0.15, 0.2) is 30.3 Å². The van der Waals surface area contributed by atoms with E-state index in [9.17, 15) is 9.59 Å². The summed E-state index contributed by atoms with van der Waals surface area (Å²) in [6.45, 7) is 3.00. The zero-order valence-corrected chi connectivity index (χ0v) is 9.85. The van der Waals surface area contributed by atoms with Gasteiger partial charge in [-0.1, -0.05) is 30.3 Å². The first-order valence-electron chi connectivity index (χ1n) is 5.55. The summed E-state index contributed by atoms with van der Waals surface area (Å²) in [5.41, 5.74) is 0.522. The molecule has 0 amide bonds. The first-order valence-corrected chi connectivity index (χ1v) is 5.55. The number of benzene rings is 1. The van der Waals surface area contributed by atoms with E-state index >= 15 is 0 Å². The normalized spacial score (nSPS) is 9.94. The molecule has 0 bridgehead atoms. The van der Waals surface area contributed by atoms with Crippen molar-refractivity contribution in [2.24, 2.45) is 0 Å². The van der Waals surface area contributed by atoms with Crippen molar-refractivity contribution in [1.82, 2.24) is 0 Å². The van der Waals surface area contributed by atoms with Crippen LogP contribution in [0.3, 0.4) is 0 Å². The molecule has 0 fully saturated rings. The molecule has 92 valence electrons. The topological polar surface area (TPSA) is 52.6 Å². The fourth-order valence-corrected chi connectivity index (χ4v) is 1.27. The molecule has 1 aromatic carbocycles. The lowest BCUT2D eigenvalue weighted by atomic mass is 10.1. The van der Waals surface area contributed by atoms with Gasteiger partial charge in [0.15, 0.2) is 5.78 Å². The zero-order valence-electron chi connectivity index (χ0n) is 9.85. The van der Waals surface area contributed by atoms with E-state index in [0.29, 0.717) is 18.8 Å². The maximum absolute atomic E-state index is 11.6. The molecule has 0 spiro atoms. The van der Waals surface area contributed by atoms with Crippen LogP contribution in [0.4, 0.5) is 0 Å². The van der Waals surface area contributed by atoms with Gasteiger partial charge in [0.05, 0.1) is 6.61 Å². The number of ketones is 1. The van der Waals surface area contributed by atoms with Crippen LogP contribution < -0.4 is 0 Å². The highest BCUT2D eigenvalue weighted by atomic mass is 16.6. The van der Waals surface area contributed by atoms with Crippen LogP contribution in [0.2, 0.25) is 0 Å². The third-order valence-electron chi connectivity index (χ3n) is 2.10. The number of ether oxygens (including phenoxy) is 2. The molecule has 0 unspecified atom stereocenters. The van der Waals surface area contributed by atoms with E-state index in [1.807, 2.05) is 13.0 Å². The number of hydrogen-bond donors (Lipinski definition) is 0. The number of Topliss-reactive ketones (excluding diaryl/α,β-unsaturated/α-hetero) is 1. The Morgan fingerprint density at radius 1 is 1.12 bits per heavy atom. The number of carbonyl (C=O) groups is 2. The summed E-state index contributed by atoms with van der Waals surface area (Å²) in [5, 5.41) is 0. The SMILES string of the molecule is CCOCCOC(=O)CC(=O)c1ccccc1. The van der Waals surface area contributed by atoms with Crippen LogP contribution in [0.25, 0.3) is 0 Å². The lowest BCUT2D eigenvalue weighted by Gasteiger charge is -2.04. The van der Waals surface area contributed by atoms with Crippen molar-refractivity contribution in [2.75, 3.05) is 19.8 Å². The molecule has 0 saturated carbocycles. The Hall–Kier alpha value is -1.68. The van der Waals surface area contributed by atoms with Gasteiger partial charge < -0.3 is 9.47 Å². The molecule has 0 aliphatic rings. The van der Waals surface area contributed by atoms with Gasteiger partial charge in [-0.15, -0.1) is 0 Å². The van der Waals surface area contributed by atoms with Crippen LogP contribution in [-0.4, -0.2) is 31.6 Å². The summed E-state index contributed by atoms with van der Waals surface area (Å²) in [6, 6.07) is 8.68. The highest BCUT2D eigenvalue weighted by Crippen LogP contribution is 2.03. The second-order valence-electron chi connectivity index (χ2n) is 3.38. The maximum Gasteiger partial charge on any atom is 0.313 e. The Labute approximate surface area is 101 Å². The molecule has 1 rings (SSSR count). The predicted octanol–water partition coefficient (Wildman–Crippen LogP) is 1.84. The Bertz CT molecular complexity index is 359. The average molecular weight is 236 g/mol. The predicted molar refractivity (Wildman–Crippen MR) is 62.8 cm³/mol. The van der Waals surface area contributed by atoms with Crippen LogP contribution in [0.1, 0.15) is 23.7 Å². The van der Waals surface area contributed by atoms with E-state index in [0.717, 1.165) is 0 Å². The second-order valence-corrected chi connectivity index (χ2v) is 3.38. The average Bonchev–Trinajstić information content (AvgIpc) is 2.36. The standard InChI is InChI=1S/C13H16O4/c1-2-16-8-9-17-13(15)10-12(14)11-6-4-3-5-7-11/h3-7H,2,8-10H2,1H3. The molecule has 0 radical (unpaired) electrons. The van der Waals surface area contributed by atoms with Crippen molar-refractivity contribution >= 4 is 11.8 Å². The Morgan fingerprint density at radius 2 is 1.82 bits per heavy atom. The van der Waals surface area contributed by atoms with E-state index in [2.05, 4.69) is 0 Å². The quantitative estimate of drug-likeness (QED) is 0.314. The Balaban J connectivity index is 2.29. The molecule has 0 aromatic heterocycles. The Kier molecular flexibility index (Phi) is 5.96. The van der Waals surface area contributed by atoms with Crippen molar-refractivity contribution in [3.63, 3.8) is 0 Å². The second kappa shape index (κ2) is 7.57. The summed E-state index contributed by atoms with van der Waals surface area (Å²) >= 11 is 0. The largest absolute Gasteiger partial charge is 0.463 e. The molecule has 0 N–H and O–H groups in total. The maximum atomic E-state index is 11.6. The Morgan fingerprint density at radius 3 is 2.47 bits per heavy atom. The minimum absolute atomic E-state index is 0.189. The number of carbonyl (C=O) groups excluding carboxylic acids is 2. The third kappa shape index (κ3) is 5.26. The monoisotopic (exact) mass is 236 g/mol. The van der Waals surface area contributed by atoms with Gasteiger partial charge in [-0.2, -0.15) is 0 Å². The minimum Gasteiger partial charge on any atom is -0.463 e. The van der Waals surface area contributed by atoms with Crippen LogP contribution in [0, 0.1) is 0 Å². The van der Waals surface area contributed by atoms with Crippen molar-refractivity contribution in [3.05, 3.63) is 35.9 Å². The molecule has 17 heavy (non-hydrogen) atoms. The van der Waals surface area contributed by atoms with E-state index in [-0.39, 0.29) is 18.8 Å². The molecule has 0 atom stereocenters. The smallest absolute Gasteiger partial charge is 0.313 e. The summed E-state index contributed by atoms with van der Waals surface area (Å²) in [6.07, 6.45) is -0.226. The van der Waals surface area contributed by atoms with Crippen molar-refractivity contribution < 1.29 is 19.1 Å². The summed E-state index contributed by atoms with van der Waals surface area (Å²) in [7, 11) is 0. The van der Waals surface area contributed by atoms with Gasteiger partial charge in [0, 0.05) is 12.2 Å². The number of rotatable bonds is 7. The minimum atomic E-state index is -0.515.